The van der Waals surface area contributed by atoms with Gasteiger partial charge in [-0.1, -0.05) is 29.8 Å². The van der Waals surface area contributed by atoms with Crippen molar-refractivity contribution in [3.8, 4) is 0 Å². The fourth-order valence-electron chi connectivity index (χ4n) is 2.82. The summed E-state index contributed by atoms with van der Waals surface area (Å²) in [7, 11) is 1.29. The molecule has 0 saturated carbocycles. The van der Waals surface area contributed by atoms with Gasteiger partial charge >= 0.3 is 11.9 Å². The fraction of sp³-hybridized carbons (Fsp3) is 0.211. The Morgan fingerprint density at radius 3 is 2.65 bits per heavy atom. The molecule has 1 N–H and O–H groups in total. The van der Waals surface area contributed by atoms with Gasteiger partial charge in [-0.05, 0) is 31.5 Å². The molecule has 7 heteroatoms. The van der Waals surface area contributed by atoms with Crippen LogP contribution in [0.2, 0.25) is 5.15 Å². The van der Waals surface area contributed by atoms with Crippen LogP contribution in [0.5, 0.6) is 0 Å². The number of aromatic nitrogens is 2. The first-order chi connectivity index (χ1) is 12.4. The van der Waals surface area contributed by atoms with Crippen molar-refractivity contribution in [1.82, 2.24) is 9.97 Å². The quantitative estimate of drug-likeness (QED) is 0.553. The lowest BCUT2D eigenvalue weighted by molar-refractivity contribution is 0.0465. The predicted molar refractivity (Wildman–Crippen MR) is 97.5 cm³/mol. The summed E-state index contributed by atoms with van der Waals surface area (Å²) in [5, 5.41) is 1.19. The van der Waals surface area contributed by atoms with Gasteiger partial charge in [0.05, 0.1) is 18.2 Å². The van der Waals surface area contributed by atoms with Gasteiger partial charge in [0, 0.05) is 16.6 Å². The van der Waals surface area contributed by atoms with Crippen molar-refractivity contribution in [2.75, 3.05) is 7.11 Å². The number of nitrogens with one attached hydrogen (secondary N) is 1. The Balaban J connectivity index is 1.81. The third-order valence-electron chi connectivity index (χ3n) is 4.14. The summed E-state index contributed by atoms with van der Waals surface area (Å²) in [6, 6.07) is 9.37. The molecule has 134 valence electrons. The molecule has 0 aliphatic rings. The number of methoxy groups -OCH3 is 1. The lowest BCUT2D eigenvalue weighted by Gasteiger charge is -2.08. The van der Waals surface area contributed by atoms with Crippen LogP contribution in [-0.2, 0) is 16.1 Å². The van der Waals surface area contributed by atoms with E-state index >= 15 is 0 Å². The average molecular weight is 373 g/mol. The molecule has 0 atom stereocenters. The minimum atomic E-state index is -0.579. The van der Waals surface area contributed by atoms with Gasteiger partial charge in [-0.3, -0.25) is 0 Å². The van der Waals surface area contributed by atoms with Crippen molar-refractivity contribution in [3.63, 3.8) is 0 Å². The number of fused-ring (bicyclic) bond motifs is 1. The second-order valence-electron chi connectivity index (χ2n) is 5.82. The molecule has 0 aliphatic heterocycles. The number of rotatable bonds is 4. The van der Waals surface area contributed by atoms with E-state index in [9.17, 15) is 9.59 Å². The molecular weight excluding hydrogens is 356 g/mol. The number of ether oxygens (including phenoxy) is 2. The van der Waals surface area contributed by atoms with E-state index in [0.29, 0.717) is 22.4 Å². The van der Waals surface area contributed by atoms with E-state index in [1.807, 2.05) is 30.3 Å². The van der Waals surface area contributed by atoms with Gasteiger partial charge < -0.3 is 14.5 Å². The molecule has 0 unspecified atom stereocenters. The molecule has 1 aromatic carbocycles. The molecule has 0 amide bonds. The molecule has 0 bridgehead atoms. The minimum Gasteiger partial charge on any atom is -0.465 e. The number of halogens is 1. The highest BCUT2D eigenvalue weighted by Gasteiger charge is 2.23. The molecule has 6 nitrogen and oxygen atoms in total. The van der Waals surface area contributed by atoms with Gasteiger partial charge in [0.1, 0.15) is 17.5 Å². The lowest BCUT2D eigenvalue weighted by atomic mass is 10.1. The zero-order chi connectivity index (χ0) is 18.8. The maximum absolute atomic E-state index is 12.4. The highest BCUT2D eigenvalue weighted by atomic mass is 35.5. The highest BCUT2D eigenvalue weighted by molar-refractivity contribution is 6.30. The number of para-hydroxylation sites is 1. The number of aryl methyl sites for hydroxylation is 1. The van der Waals surface area contributed by atoms with E-state index in [-0.39, 0.29) is 17.5 Å². The molecule has 0 saturated heterocycles. The number of H-pyrrole nitrogens is 1. The van der Waals surface area contributed by atoms with Crippen molar-refractivity contribution < 1.29 is 19.1 Å². The van der Waals surface area contributed by atoms with Crippen LogP contribution < -0.4 is 0 Å². The number of carbonyl (C=O) groups excluding carboxylic acids is 2. The van der Waals surface area contributed by atoms with Crippen molar-refractivity contribution >= 4 is 34.4 Å². The molecule has 26 heavy (non-hydrogen) atoms. The van der Waals surface area contributed by atoms with Gasteiger partial charge in [-0.25, -0.2) is 14.6 Å². The van der Waals surface area contributed by atoms with E-state index in [4.69, 9.17) is 21.1 Å². The van der Waals surface area contributed by atoms with Gasteiger partial charge in [0.25, 0.3) is 0 Å². The number of hydrogen-bond acceptors (Lipinski definition) is 5. The van der Waals surface area contributed by atoms with Crippen LogP contribution in [-0.4, -0.2) is 29.0 Å². The zero-order valence-electron chi connectivity index (χ0n) is 14.6. The van der Waals surface area contributed by atoms with Crippen LogP contribution in [0.25, 0.3) is 10.9 Å². The fourth-order valence-corrected chi connectivity index (χ4v) is 3.02. The maximum Gasteiger partial charge on any atom is 0.355 e. The first kappa shape index (κ1) is 17.9. The van der Waals surface area contributed by atoms with E-state index in [1.54, 1.807) is 13.8 Å². The topological polar surface area (TPSA) is 81.3 Å². The molecule has 2 heterocycles. The van der Waals surface area contributed by atoms with Crippen LogP contribution >= 0.6 is 11.6 Å². The summed E-state index contributed by atoms with van der Waals surface area (Å²) in [5.74, 6) is -1.08. The van der Waals surface area contributed by atoms with Crippen molar-refractivity contribution in [1.29, 1.82) is 0 Å². The molecule has 3 rings (SSSR count). The van der Waals surface area contributed by atoms with Gasteiger partial charge in [-0.15, -0.1) is 0 Å². The number of pyridine rings is 1. The Labute approximate surface area is 155 Å². The molecule has 0 radical (unpaired) electrons. The van der Waals surface area contributed by atoms with Crippen LogP contribution in [0.3, 0.4) is 0 Å². The van der Waals surface area contributed by atoms with Crippen molar-refractivity contribution in [2.24, 2.45) is 0 Å². The normalized spacial score (nSPS) is 10.8. The smallest absolute Gasteiger partial charge is 0.355 e. The Morgan fingerprint density at radius 1 is 1.19 bits per heavy atom. The van der Waals surface area contributed by atoms with Crippen molar-refractivity contribution in [2.45, 2.75) is 20.5 Å². The third kappa shape index (κ3) is 3.28. The summed E-state index contributed by atoms with van der Waals surface area (Å²) < 4.78 is 10.1. The predicted octanol–water partition coefficient (Wildman–Crippen LogP) is 3.98. The lowest BCUT2D eigenvalue weighted by Crippen LogP contribution is -2.09. The number of nitrogens with zero attached hydrogens (tertiary/aromatic N) is 1. The molecule has 0 fully saturated rings. The Hall–Kier alpha value is -2.86. The molecular formula is C19H17ClN2O4. The van der Waals surface area contributed by atoms with E-state index in [2.05, 4.69) is 9.97 Å². The van der Waals surface area contributed by atoms with Crippen LogP contribution in [0.4, 0.5) is 0 Å². The summed E-state index contributed by atoms with van der Waals surface area (Å²) in [6.45, 7) is 3.33. The number of benzene rings is 1. The van der Waals surface area contributed by atoms with Crippen LogP contribution in [0.1, 0.15) is 37.7 Å². The van der Waals surface area contributed by atoms with Crippen LogP contribution in [0.15, 0.2) is 30.3 Å². The van der Waals surface area contributed by atoms with Gasteiger partial charge in [0.2, 0.25) is 0 Å². The highest BCUT2D eigenvalue weighted by Crippen LogP contribution is 2.23. The average Bonchev–Trinajstić information content (AvgIpc) is 2.93. The number of aromatic amines is 1. The van der Waals surface area contributed by atoms with Gasteiger partial charge in [-0.2, -0.15) is 0 Å². The first-order valence-electron chi connectivity index (χ1n) is 7.91. The first-order valence-corrected chi connectivity index (χ1v) is 8.29. The van der Waals surface area contributed by atoms with Crippen molar-refractivity contribution in [3.05, 3.63) is 63.6 Å². The Bertz CT molecular complexity index is 1010. The van der Waals surface area contributed by atoms with E-state index in [1.165, 1.54) is 7.11 Å². The third-order valence-corrected chi connectivity index (χ3v) is 4.47. The SMILES string of the molecule is COC(=O)c1c(C)[nH]c(C(=O)OCc2cc3ccccc3nc2Cl)c1C. The number of carbonyl (C=O) groups is 2. The number of hydrogen-bond donors (Lipinski definition) is 1. The second-order valence-corrected chi connectivity index (χ2v) is 6.18. The Morgan fingerprint density at radius 2 is 1.92 bits per heavy atom. The largest absolute Gasteiger partial charge is 0.465 e. The summed E-state index contributed by atoms with van der Waals surface area (Å²) in [4.78, 5) is 31.4. The molecule has 0 aliphatic carbocycles. The standard InChI is InChI=1S/C19H17ClN2O4/c1-10-15(18(23)25-3)11(2)21-16(10)19(24)26-9-13-8-12-6-4-5-7-14(12)22-17(13)20/h4-8,21H,9H2,1-3H3. The minimum absolute atomic E-state index is 0.0272. The van der Waals surface area contributed by atoms with E-state index < -0.39 is 11.9 Å². The number of esters is 2. The molecule has 0 spiro atoms. The van der Waals surface area contributed by atoms with Crippen LogP contribution in [0, 0.1) is 13.8 Å². The molecule has 2 aromatic heterocycles. The Kier molecular flexibility index (Phi) is 4.95. The zero-order valence-corrected chi connectivity index (χ0v) is 15.3. The second kappa shape index (κ2) is 7.17. The van der Waals surface area contributed by atoms with Gasteiger partial charge in [0.15, 0.2) is 0 Å². The van der Waals surface area contributed by atoms with E-state index in [0.717, 1.165) is 10.9 Å². The summed E-state index contributed by atoms with van der Waals surface area (Å²) >= 11 is 6.18. The monoisotopic (exact) mass is 372 g/mol. The molecule has 3 aromatic rings. The maximum atomic E-state index is 12.4. The summed E-state index contributed by atoms with van der Waals surface area (Å²) in [6.07, 6.45) is 0. The summed E-state index contributed by atoms with van der Waals surface area (Å²) in [5.41, 5.74) is 2.96.